The second-order valence-corrected chi connectivity index (χ2v) is 8.30. The minimum Gasteiger partial charge on any atom is -0.440 e. The average Bonchev–Trinajstić information content (AvgIpc) is 3.51. The number of carbonyl (C=O) groups is 1. The predicted molar refractivity (Wildman–Crippen MR) is 120 cm³/mol. The Morgan fingerprint density at radius 1 is 0.935 bits per heavy atom. The molecule has 5 rings (SSSR count). The van der Waals surface area contributed by atoms with Crippen LogP contribution < -0.4 is 15.2 Å². The molecule has 2 aromatic rings. The number of benzene rings is 2. The van der Waals surface area contributed by atoms with Gasteiger partial charge in [-0.1, -0.05) is 43.2 Å². The summed E-state index contributed by atoms with van der Waals surface area (Å²) in [4.78, 5) is 15.6. The zero-order valence-electron chi connectivity index (χ0n) is 17.6. The van der Waals surface area contributed by atoms with Gasteiger partial charge in [0.25, 0.3) is 0 Å². The molecule has 2 heterocycles. The fourth-order valence-electron chi connectivity index (χ4n) is 4.74. The maximum Gasteiger partial charge on any atom is 0.315 e. The Bertz CT molecular complexity index is 933. The van der Waals surface area contributed by atoms with E-state index in [9.17, 15) is 4.79 Å². The minimum atomic E-state index is -0.500. The SMILES string of the molecule is O=C(NC1=NN(c2ccc(N3CCOCC3)cc2)CO1)C1(c2ccccc2)CCCC1. The Morgan fingerprint density at radius 3 is 2.32 bits per heavy atom. The van der Waals surface area contributed by atoms with E-state index in [0.29, 0.717) is 0 Å². The molecule has 0 aromatic heterocycles. The van der Waals surface area contributed by atoms with Crippen LogP contribution in [0.4, 0.5) is 11.4 Å². The van der Waals surface area contributed by atoms with Gasteiger partial charge in [-0.3, -0.25) is 10.1 Å². The standard InChI is InChI=1S/C24H28N4O3/c29-22(24(12-4-5-13-24)19-6-2-1-3-7-19)25-23-26-28(18-31-23)21-10-8-20(9-11-21)27-14-16-30-17-15-27/h1-3,6-11H,4-5,12-18H2,(H,25,26,29). The number of morpholine rings is 1. The van der Waals surface area contributed by atoms with E-state index in [0.717, 1.165) is 63.2 Å². The fraction of sp³-hybridized carbons (Fsp3) is 0.417. The molecule has 0 atom stereocenters. The number of amides is 1. The van der Waals surface area contributed by atoms with Gasteiger partial charge in [-0.25, -0.2) is 5.01 Å². The van der Waals surface area contributed by atoms with E-state index in [4.69, 9.17) is 9.47 Å². The second-order valence-electron chi connectivity index (χ2n) is 8.30. The lowest BCUT2D eigenvalue weighted by molar-refractivity contribution is -0.125. The van der Waals surface area contributed by atoms with Crippen molar-refractivity contribution in [2.75, 3.05) is 42.9 Å². The monoisotopic (exact) mass is 420 g/mol. The first-order valence-electron chi connectivity index (χ1n) is 11.0. The van der Waals surface area contributed by atoms with Gasteiger partial charge in [0.1, 0.15) is 0 Å². The number of anilines is 2. The molecule has 0 radical (unpaired) electrons. The molecule has 2 aromatic carbocycles. The van der Waals surface area contributed by atoms with Gasteiger partial charge in [-0.15, -0.1) is 5.10 Å². The Kier molecular flexibility index (Phi) is 5.51. The summed E-state index contributed by atoms with van der Waals surface area (Å²) >= 11 is 0. The summed E-state index contributed by atoms with van der Waals surface area (Å²) in [6, 6.07) is 18.6. The lowest BCUT2D eigenvalue weighted by atomic mass is 9.78. The highest BCUT2D eigenvalue weighted by molar-refractivity contribution is 6.01. The van der Waals surface area contributed by atoms with Crippen molar-refractivity contribution in [3.63, 3.8) is 0 Å². The van der Waals surface area contributed by atoms with E-state index in [1.54, 1.807) is 5.01 Å². The first kappa shape index (κ1) is 19.9. The van der Waals surface area contributed by atoms with Crippen LogP contribution in [-0.2, 0) is 19.7 Å². The van der Waals surface area contributed by atoms with Gasteiger partial charge in [0.2, 0.25) is 5.91 Å². The van der Waals surface area contributed by atoms with Crippen molar-refractivity contribution in [1.29, 1.82) is 0 Å². The number of nitrogens with zero attached hydrogens (tertiary/aromatic N) is 3. The van der Waals surface area contributed by atoms with Crippen molar-refractivity contribution >= 4 is 23.3 Å². The van der Waals surface area contributed by atoms with Crippen LogP contribution in [0.3, 0.4) is 0 Å². The number of ether oxygens (including phenoxy) is 2. The lowest BCUT2D eigenvalue weighted by Crippen LogP contribution is -2.45. The van der Waals surface area contributed by atoms with E-state index in [2.05, 4.69) is 27.5 Å². The van der Waals surface area contributed by atoms with Crippen molar-refractivity contribution < 1.29 is 14.3 Å². The summed E-state index contributed by atoms with van der Waals surface area (Å²) < 4.78 is 11.1. The lowest BCUT2D eigenvalue weighted by Gasteiger charge is -2.29. The number of hydrogen-bond acceptors (Lipinski definition) is 6. The van der Waals surface area contributed by atoms with E-state index in [1.165, 1.54) is 5.69 Å². The number of carbonyl (C=O) groups excluding carboxylic acids is 1. The number of amidine groups is 1. The molecule has 1 N–H and O–H groups in total. The van der Waals surface area contributed by atoms with Crippen LogP contribution in [-0.4, -0.2) is 45.0 Å². The van der Waals surface area contributed by atoms with Gasteiger partial charge < -0.3 is 14.4 Å². The van der Waals surface area contributed by atoms with Crippen molar-refractivity contribution in [2.24, 2.45) is 5.10 Å². The van der Waals surface area contributed by atoms with Crippen LogP contribution in [0, 0.1) is 0 Å². The van der Waals surface area contributed by atoms with Gasteiger partial charge in [-0.2, -0.15) is 0 Å². The van der Waals surface area contributed by atoms with Crippen LogP contribution in [0.5, 0.6) is 0 Å². The molecule has 162 valence electrons. The molecule has 31 heavy (non-hydrogen) atoms. The van der Waals surface area contributed by atoms with Crippen LogP contribution in [0.2, 0.25) is 0 Å². The topological polar surface area (TPSA) is 66.4 Å². The average molecular weight is 421 g/mol. The summed E-state index contributed by atoms with van der Waals surface area (Å²) in [5, 5.41) is 9.21. The van der Waals surface area contributed by atoms with E-state index in [1.807, 2.05) is 42.5 Å². The van der Waals surface area contributed by atoms with Crippen LogP contribution in [0.1, 0.15) is 31.2 Å². The molecule has 1 amide bonds. The van der Waals surface area contributed by atoms with Crippen molar-refractivity contribution in [2.45, 2.75) is 31.1 Å². The maximum atomic E-state index is 13.3. The molecule has 0 spiro atoms. The first-order chi connectivity index (χ1) is 15.2. The number of hydrogen-bond donors (Lipinski definition) is 1. The Hall–Kier alpha value is -3.06. The molecular weight excluding hydrogens is 392 g/mol. The zero-order chi connectivity index (χ0) is 21.1. The molecule has 2 aliphatic heterocycles. The molecule has 1 saturated heterocycles. The zero-order valence-corrected chi connectivity index (χ0v) is 17.6. The smallest absolute Gasteiger partial charge is 0.315 e. The molecule has 7 nitrogen and oxygen atoms in total. The minimum absolute atomic E-state index is 0.0283. The molecule has 7 heteroatoms. The Balaban J connectivity index is 1.27. The number of hydrazone groups is 1. The third-order valence-corrected chi connectivity index (χ3v) is 6.50. The summed E-state index contributed by atoms with van der Waals surface area (Å²) in [5.74, 6) is -0.0283. The molecule has 1 aliphatic carbocycles. The van der Waals surface area contributed by atoms with Gasteiger partial charge in [-0.05, 0) is 42.7 Å². The molecule has 3 aliphatic rings. The highest BCUT2D eigenvalue weighted by atomic mass is 16.5. The Labute approximate surface area is 182 Å². The summed E-state index contributed by atoms with van der Waals surface area (Å²) in [5.41, 5.74) is 2.68. The van der Waals surface area contributed by atoms with Crippen LogP contribution in [0.25, 0.3) is 0 Å². The van der Waals surface area contributed by atoms with Gasteiger partial charge in [0, 0.05) is 18.8 Å². The number of rotatable bonds is 4. The summed E-state index contributed by atoms with van der Waals surface area (Å²) in [6.45, 7) is 3.62. The summed E-state index contributed by atoms with van der Waals surface area (Å²) in [7, 11) is 0. The largest absolute Gasteiger partial charge is 0.440 e. The van der Waals surface area contributed by atoms with Crippen LogP contribution in [0.15, 0.2) is 59.7 Å². The highest BCUT2D eigenvalue weighted by Crippen LogP contribution is 2.41. The van der Waals surface area contributed by atoms with Crippen LogP contribution >= 0.6 is 0 Å². The molecule has 0 unspecified atom stereocenters. The van der Waals surface area contributed by atoms with Gasteiger partial charge >= 0.3 is 6.02 Å². The highest BCUT2D eigenvalue weighted by Gasteiger charge is 2.43. The third-order valence-electron chi connectivity index (χ3n) is 6.50. The predicted octanol–water partition coefficient (Wildman–Crippen LogP) is 3.22. The number of nitrogens with one attached hydrogen (secondary N) is 1. The first-order valence-corrected chi connectivity index (χ1v) is 11.0. The molecule has 2 fully saturated rings. The van der Waals surface area contributed by atoms with Crippen molar-refractivity contribution in [1.82, 2.24) is 5.32 Å². The van der Waals surface area contributed by atoms with E-state index >= 15 is 0 Å². The van der Waals surface area contributed by atoms with Crippen molar-refractivity contribution in [3.05, 3.63) is 60.2 Å². The normalized spacial score (nSPS) is 20.3. The van der Waals surface area contributed by atoms with E-state index in [-0.39, 0.29) is 18.7 Å². The second kappa shape index (κ2) is 8.59. The molecular formula is C24H28N4O3. The summed E-state index contributed by atoms with van der Waals surface area (Å²) in [6.07, 6.45) is 3.81. The van der Waals surface area contributed by atoms with Crippen molar-refractivity contribution in [3.8, 4) is 0 Å². The molecule has 1 saturated carbocycles. The van der Waals surface area contributed by atoms with Gasteiger partial charge in [0.05, 0.1) is 24.3 Å². The maximum absolute atomic E-state index is 13.3. The third kappa shape index (κ3) is 3.97. The Morgan fingerprint density at radius 2 is 1.61 bits per heavy atom. The fourth-order valence-corrected chi connectivity index (χ4v) is 4.74. The van der Waals surface area contributed by atoms with Gasteiger partial charge in [0.15, 0.2) is 6.73 Å². The molecule has 0 bridgehead atoms. The van der Waals surface area contributed by atoms with E-state index < -0.39 is 5.41 Å². The quantitative estimate of drug-likeness (QED) is 0.823.